The van der Waals surface area contributed by atoms with E-state index in [0.29, 0.717) is 16.5 Å². The molecule has 0 radical (unpaired) electrons. The van der Waals surface area contributed by atoms with E-state index in [1.54, 1.807) is 12.1 Å². The third-order valence-electron chi connectivity index (χ3n) is 3.02. The molecule has 1 unspecified atom stereocenters. The molecule has 0 spiro atoms. The van der Waals surface area contributed by atoms with Crippen LogP contribution < -0.4 is 11.1 Å². The molecule has 110 valence electrons. The quantitative estimate of drug-likeness (QED) is 0.649. The van der Waals surface area contributed by atoms with Crippen LogP contribution in [-0.2, 0) is 4.79 Å². The normalized spacial score (nSPS) is 11.9. The first-order chi connectivity index (χ1) is 10.1. The van der Waals surface area contributed by atoms with Gasteiger partial charge in [-0.15, -0.1) is 11.8 Å². The molecule has 0 aromatic heterocycles. The molecule has 2 aromatic rings. The van der Waals surface area contributed by atoms with Gasteiger partial charge >= 0.3 is 0 Å². The molecule has 0 bridgehead atoms. The van der Waals surface area contributed by atoms with E-state index in [1.807, 2.05) is 43.3 Å². The van der Waals surface area contributed by atoms with Gasteiger partial charge in [0.1, 0.15) is 0 Å². The second-order valence-electron chi connectivity index (χ2n) is 4.67. The minimum Gasteiger partial charge on any atom is -0.398 e. The molecule has 0 aliphatic heterocycles. The Balaban J connectivity index is 1.86. The average molecular weight is 321 g/mol. The number of nitrogens with two attached hydrogens (primary N) is 1. The molecule has 5 heteroatoms. The number of carbonyl (C=O) groups is 1. The third kappa shape index (κ3) is 4.69. The Hall–Kier alpha value is -1.65. The topological polar surface area (TPSA) is 55.1 Å². The number of halogens is 1. The summed E-state index contributed by atoms with van der Waals surface area (Å²) in [6.07, 6.45) is 0. The number of benzene rings is 2. The number of nitrogen functional groups attached to an aromatic ring is 1. The van der Waals surface area contributed by atoms with E-state index in [9.17, 15) is 4.79 Å². The first-order valence-corrected chi connectivity index (χ1v) is 7.95. The van der Waals surface area contributed by atoms with E-state index >= 15 is 0 Å². The Morgan fingerprint density at radius 1 is 1.29 bits per heavy atom. The zero-order chi connectivity index (χ0) is 15.2. The second-order valence-corrected chi connectivity index (χ2v) is 6.13. The molecule has 0 aliphatic carbocycles. The van der Waals surface area contributed by atoms with Crippen molar-refractivity contribution >= 4 is 35.0 Å². The zero-order valence-corrected chi connectivity index (χ0v) is 13.2. The van der Waals surface area contributed by atoms with Gasteiger partial charge in [0.25, 0.3) is 0 Å². The van der Waals surface area contributed by atoms with Gasteiger partial charge in [-0.25, -0.2) is 0 Å². The lowest BCUT2D eigenvalue weighted by Crippen LogP contribution is -2.28. The van der Waals surface area contributed by atoms with Crippen molar-refractivity contribution in [1.29, 1.82) is 0 Å². The number of thioether (sulfide) groups is 1. The van der Waals surface area contributed by atoms with Gasteiger partial charge in [-0.1, -0.05) is 41.9 Å². The van der Waals surface area contributed by atoms with Crippen molar-refractivity contribution in [2.45, 2.75) is 17.9 Å². The van der Waals surface area contributed by atoms with Crippen LogP contribution in [0.5, 0.6) is 0 Å². The van der Waals surface area contributed by atoms with Crippen LogP contribution in [0.1, 0.15) is 18.5 Å². The minimum atomic E-state index is -0.00991. The third-order valence-corrected chi connectivity index (χ3v) is 4.34. The highest BCUT2D eigenvalue weighted by Gasteiger charge is 2.09. The van der Waals surface area contributed by atoms with E-state index in [2.05, 4.69) is 5.32 Å². The van der Waals surface area contributed by atoms with Crippen LogP contribution in [0.15, 0.2) is 53.4 Å². The summed E-state index contributed by atoms with van der Waals surface area (Å²) in [6.45, 7) is 1.97. The van der Waals surface area contributed by atoms with Crippen molar-refractivity contribution < 1.29 is 4.79 Å². The van der Waals surface area contributed by atoms with Crippen LogP contribution in [0.4, 0.5) is 5.69 Å². The van der Waals surface area contributed by atoms with Crippen molar-refractivity contribution in [3.8, 4) is 0 Å². The number of amides is 1. The number of rotatable bonds is 5. The molecular formula is C16H17ClN2OS. The number of nitrogens with one attached hydrogen (secondary N) is 1. The summed E-state index contributed by atoms with van der Waals surface area (Å²) < 4.78 is 0. The lowest BCUT2D eigenvalue weighted by atomic mass is 10.1. The summed E-state index contributed by atoms with van der Waals surface area (Å²) >= 11 is 7.39. The number of hydrogen-bond acceptors (Lipinski definition) is 3. The minimum absolute atomic E-state index is 0.00527. The van der Waals surface area contributed by atoms with E-state index < -0.39 is 0 Å². The van der Waals surface area contributed by atoms with Gasteiger partial charge in [-0.05, 0) is 30.7 Å². The lowest BCUT2D eigenvalue weighted by molar-refractivity contribution is -0.119. The van der Waals surface area contributed by atoms with E-state index in [0.717, 1.165) is 10.5 Å². The fourth-order valence-electron chi connectivity index (χ4n) is 1.85. The maximum atomic E-state index is 12.0. The smallest absolute Gasteiger partial charge is 0.230 e. The molecule has 3 nitrogen and oxygen atoms in total. The van der Waals surface area contributed by atoms with E-state index in [-0.39, 0.29) is 11.9 Å². The van der Waals surface area contributed by atoms with Crippen molar-refractivity contribution in [3.05, 3.63) is 59.1 Å². The highest BCUT2D eigenvalue weighted by Crippen LogP contribution is 2.26. The number of carbonyl (C=O) groups excluding carboxylic acids is 1. The van der Waals surface area contributed by atoms with Crippen LogP contribution in [0.25, 0.3) is 0 Å². The Morgan fingerprint density at radius 3 is 2.67 bits per heavy atom. The van der Waals surface area contributed by atoms with Crippen molar-refractivity contribution in [3.63, 3.8) is 0 Å². The highest BCUT2D eigenvalue weighted by atomic mass is 35.5. The van der Waals surface area contributed by atoms with Gasteiger partial charge in [0.15, 0.2) is 0 Å². The molecule has 0 heterocycles. The standard InChI is InChI=1S/C16H17ClN2OS/c1-11(12-5-3-2-4-6-12)19-16(20)10-21-13-7-8-15(18)14(17)9-13/h2-9,11H,10,18H2,1H3,(H,19,20). The Morgan fingerprint density at radius 2 is 2.00 bits per heavy atom. The molecule has 21 heavy (non-hydrogen) atoms. The summed E-state index contributed by atoms with van der Waals surface area (Å²) in [5.74, 6) is 0.335. The molecular weight excluding hydrogens is 304 g/mol. The summed E-state index contributed by atoms with van der Waals surface area (Å²) in [5.41, 5.74) is 7.29. The average Bonchev–Trinajstić information content (AvgIpc) is 2.49. The summed E-state index contributed by atoms with van der Waals surface area (Å²) in [4.78, 5) is 12.9. The van der Waals surface area contributed by atoms with Crippen molar-refractivity contribution in [2.75, 3.05) is 11.5 Å². The molecule has 2 aromatic carbocycles. The van der Waals surface area contributed by atoms with Gasteiger partial charge in [-0.2, -0.15) is 0 Å². The van der Waals surface area contributed by atoms with Gasteiger partial charge in [0.2, 0.25) is 5.91 Å². The molecule has 1 atom stereocenters. The fraction of sp³-hybridized carbons (Fsp3) is 0.188. The predicted molar refractivity (Wildman–Crippen MR) is 89.6 cm³/mol. The maximum absolute atomic E-state index is 12.0. The Kier molecular flexibility index (Phi) is 5.53. The molecule has 0 saturated carbocycles. The van der Waals surface area contributed by atoms with E-state index in [1.165, 1.54) is 11.8 Å². The number of hydrogen-bond donors (Lipinski definition) is 2. The second kappa shape index (κ2) is 7.38. The van der Waals surface area contributed by atoms with Crippen LogP contribution in [0.2, 0.25) is 5.02 Å². The van der Waals surface area contributed by atoms with Crippen LogP contribution in [0, 0.1) is 0 Å². The SMILES string of the molecule is CC(NC(=O)CSc1ccc(N)c(Cl)c1)c1ccccc1. The van der Waals surface area contributed by atoms with Crippen LogP contribution in [-0.4, -0.2) is 11.7 Å². The van der Waals surface area contributed by atoms with Gasteiger partial charge < -0.3 is 11.1 Å². The highest BCUT2D eigenvalue weighted by molar-refractivity contribution is 8.00. The first kappa shape index (κ1) is 15.7. The van der Waals surface area contributed by atoms with Crippen LogP contribution >= 0.6 is 23.4 Å². The molecule has 1 amide bonds. The summed E-state index contributed by atoms with van der Waals surface area (Å²) in [7, 11) is 0. The largest absolute Gasteiger partial charge is 0.398 e. The Labute approximate surface area is 133 Å². The summed E-state index contributed by atoms with van der Waals surface area (Å²) in [5, 5.41) is 3.49. The van der Waals surface area contributed by atoms with Crippen molar-refractivity contribution in [1.82, 2.24) is 5.32 Å². The van der Waals surface area contributed by atoms with Gasteiger partial charge in [0.05, 0.1) is 22.5 Å². The molecule has 0 aliphatic rings. The number of anilines is 1. The zero-order valence-electron chi connectivity index (χ0n) is 11.7. The lowest BCUT2D eigenvalue weighted by Gasteiger charge is -2.14. The predicted octanol–water partition coefficient (Wildman–Crippen LogP) is 3.89. The summed E-state index contributed by atoms with van der Waals surface area (Å²) in [6, 6.07) is 15.2. The maximum Gasteiger partial charge on any atom is 0.230 e. The molecule has 0 saturated heterocycles. The molecule has 2 rings (SSSR count). The van der Waals surface area contributed by atoms with Gasteiger partial charge in [0, 0.05) is 4.90 Å². The van der Waals surface area contributed by atoms with Crippen LogP contribution in [0.3, 0.4) is 0 Å². The monoisotopic (exact) mass is 320 g/mol. The van der Waals surface area contributed by atoms with Gasteiger partial charge in [-0.3, -0.25) is 4.79 Å². The fourth-order valence-corrected chi connectivity index (χ4v) is 2.85. The van der Waals surface area contributed by atoms with E-state index in [4.69, 9.17) is 17.3 Å². The van der Waals surface area contributed by atoms with Crippen molar-refractivity contribution in [2.24, 2.45) is 0 Å². The molecule has 3 N–H and O–H groups in total. The molecule has 0 fully saturated rings. The Bertz CT molecular complexity index is 619. The first-order valence-electron chi connectivity index (χ1n) is 6.58.